The van der Waals surface area contributed by atoms with E-state index >= 15 is 0 Å². The molecule has 0 spiro atoms. The van der Waals surface area contributed by atoms with Crippen molar-refractivity contribution in [3.05, 3.63) is 23.0 Å². The molecule has 0 unspecified atom stereocenters. The molecule has 1 aliphatic rings. The first-order chi connectivity index (χ1) is 8.25. The topological polar surface area (TPSA) is 54.9 Å². The van der Waals surface area contributed by atoms with Gasteiger partial charge in [0, 0.05) is 6.54 Å². The summed E-state index contributed by atoms with van der Waals surface area (Å²) in [5, 5.41) is 10.6. The maximum absolute atomic E-state index is 11.7. The molecular weight excluding hydrogens is 258 g/mol. The van der Waals surface area contributed by atoms with E-state index in [1.54, 1.807) is 12.1 Å². The molecule has 0 saturated carbocycles. The minimum Gasteiger partial charge on any atom is -0.350 e. The summed E-state index contributed by atoms with van der Waals surface area (Å²) in [5.74, 6) is 2.82. The fourth-order valence-corrected chi connectivity index (χ4v) is 3.02. The van der Waals surface area contributed by atoms with Crippen molar-refractivity contribution in [2.24, 2.45) is 5.92 Å². The Morgan fingerprint density at radius 1 is 1.41 bits per heavy atom. The number of hydrogen-bond acceptors (Lipinski definition) is 4. The lowest BCUT2D eigenvalue weighted by Crippen LogP contribution is -2.31. The van der Waals surface area contributed by atoms with Crippen LogP contribution in [0.5, 0.6) is 0 Å². The van der Waals surface area contributed by atoms with E-state index in [0.717, 1.165) is 6.54 Å². The van der Waals surface area contributed by atoms with Gasteiger partial charge in [0.05, 0.1) is 0 Å². The maximum atomic E-state index is 11.7. The van der Waals surface area contributed by atoms with Gasteiger partial charge in [-0.3, -0.25) is 4.79 Å². The van der Waals surface area contributed by atoms with Gasteiger partial charge >= 0.3 is 0 Å². The molecule has 1 amide bonds. The minimum atomic E-state index is -0.174. The van der Waals surface area contributed by atoms with Crippen molar-refractivity contribution in [1.29, 1.82) is 0 Å². The van der Waals surface area contributed by atoms with Crippen LogP contribution in [-0.4, -0.2) is 34.2 Å². The quantitative estimate of drug-likeness (QED) is 0.914. The number of thioether (sulfide) groups is 1. The third-order valence-electron chi connectivity index (χ3n) is 2.76. The summed E-state index contributed by atoms with van der Waals surface area (Å²) in [6.45, 7) is 0.726. The summed E-state index contributed by atoms with van der Waals surface area (Å²) in [4.78, 5) is 11.7. The van der Waals surface area contributed by atoms with Gasteiger partial charge in [0.25, 0.3) is 5.91 Å². The van der Waals surface area contributed by atoms with Gasteiger partial charge in [0.15, 0.2) is 10.8 Å². The predicted octanol–water partition coefficient (Wildman–Crippen LogP) is 2.00. The lowest BCUT2D eigenvalue weighted by molar-refractivity contribution is 0.0940. The molecule has 6 heteroatoms. The van der Waals surface area contributed by atoms with E-state index in [1.807, 2.05) is 11.8 Å². The standard InChI is InChI=1S/C11H14ClN3OS/c12-10-2-1-9(14-15-10)11(16)13-7-8-3-5-17-6-4-8/h1-2,8H,3-7H2,(H,13,16). The molecule has 17 heavy (non-hydrogen) atoms. The van der Waals surface area contributed by atoms with Crippen LogP contribution in [0.25, 0.3) is 0 Å². The monoisotopic (exact) mass is 271 g/mol. The largest absolute Gasteiger partial charge is 0.350 e. The zero-order chi connectivity index (χ0) is 12.1. The van der Waals surface area contributed by atoms with E-state index < -0.39 is 0 Å². The molecule has 1 saturated heterocycles. The van der Waals surface area contributed by atoms with Crippen LogP contribution in [-0.2, 0) is 0 Å². The third kappa shape index (κ3) is 3.85. The first-order valence-corrected chi connectivity index (χ1v) is 7.14. The van der Waals surface area contributed by atoms with Crippen LogP contribution in [0.15, 0.2) is 12.1 Å². The fraction of sp³-hybridized carbons (Fsp3) is 0.545. The number of carbonyl (C=O) groups is 1. The van der Waals surface area contributed by atoms with Crippen LogP contribution < -0.4 is 5.32 Å². The first-order valence-electron chi connectivity index (χ1n) is 5.61. The van der Waals surface area contributed by atoms with Crippen molar-refractivity contribution in [2.45, 2.75) is 12.8 Å². The van der Waals surface area contributed by atoms with Crippen molar-refractivity contribution in [3.8, 4) is 0 Å². The highest BCUT2D eigenvalue weighted by atomic mass is 35.5. The smallest absolute Gasteiger partial charge is 0.271 e. The normalized spacial score (nSPS) is 16.8. The second-order valence-electron chi connectivity index (χ2n) is 4.01. The Morgan fingerprint density at radius 3 is 2.82 bits per heavy atom. The van der Waals surface area contributed by atoms with Crippen molar-refractivity contribution in [2.75, 3.05) is 18.1 Å². The van der Waals surface area contributed by atoms with E-state index in [0.29, 0.717) is 16.8 Å². The maximum Gasteiger partial charge on any atom is 0.271 e. The van der Waals surface area contributed by atoms with E-state index in [4.69, 9.17) is 11.6 Å². The Kier molecular flexibility index (Phi) is 4.62. The molecule has 1 fully saturated rings. The molecule has 4 nitrogen and oxygen atoms in total. The van der Waals surface area contributed by atoms with Crippen LogP contribution in [0.3, 0.4) is 0 Å². The van der Waals surface area contributed by atoms with Crippen molar-refractivity contribution in [1.82, 2.24) is 15.5 Å². The van der Waals surface area contributed by atoms with Gasteiger partial charge in [-0.25, -0.2) is 0 Å². The van der Waals surface area contributed by atoms with Gasteiger partial charge in [-0.2, -0.15) is 11.8 Å². The molecule has 0 atom stereocenters. The summed E-state index contributed by atoms with van der Waals surface area (Å²) >= 11 is 7.59. The van der Waals surface area contributed by atoms with E-state index in [1.165, 1.54) is 24.3 Å². The van der Waals surface area contributed by atoms with E-state index in [2.05, 4.69) is 15.5 Å². The molecule has 0 bridgehead atoms. The van der Waals surface area contributed by atoms with Crippen LogP contribution in [0.2, 0.25) is 5.15 Å². The molecule has 92 valence electrons. The molecule has 2 heterocycles. The number of hydrogen-bond donors (Lipinski definition) is 1. The number of nitrogens with zero attached hydrogens (tertiary/aromatic N) is 2. The summed E-state index contributed by atoms with van der Waals surface area (Å²) in [6.07, 6.45) is 2.36. The Hall–Kier alpha value is -0.810. The molecule has 1 aromatic rings. The summed E-state index contributed by atoms with van der Waals surface area (Å²) < 4.78 is 0. The average Bonchev–Trinajstić information content (AvgIpc) is 2.38. The number of amides is 1. The minimum absolute atomic E-state index is 0.174. The number of halogens is 1. The zero-order valence-corrected chi connectivity index (χ0v) is 10.9. The summed E-state index contributed by atoms with van der Waals surface area (Å²) in [6, 6.07) is 3.15. The van der Waals surface area contributed by atoms with Gasteiger partial charge in [-0.1, -0.05) is 11.6 Å². The Morgan fingerprint density at radius 2 is 2.18 bits per heavy atom. The number of carbonyl (C=O) groups excluding carboxylic acids is 1. The van der Waals surface area contributed by atoms with Gasteiger partial charge in [0.2, 0.25) is 0 Å². The molecule has 1 N–H and O–H groups in total. The summed E-state index contributed by atoms with van der Waals surface area (Å²) in [7, 11) is 0. The van der Waals surface area contributed by atoms with Gasteiger partial charge in [-0.05, 0) is 42.4 Å². The first kappa shape index (κ1) is 12.6. The Bertz CT molecular complexity index is 379. The molecule has 2 rings (SSSR count). The van der Waals surface area contributed by atoms with Crippen molar-refractivity contribution >= 4 is 29.3 Å². The second kappa shape index (κ2) is 6.21. The van der Waals surface area contributed by atoms with Gasteiger partial charge < -0.3 is 5.32 Å². The Labute approximate surface area is 110 Å². The lowest BCUT2D eigenvalue weighted by atomic mass is 10.0. The third-order valence-corrected chi connectivity index (χ3v) is 4.01. The highest BCUT2D eigenvalue weighted by Gasteiger charge is 2.15. The van der Waals surface area contributed by atoms with E-state index in [9.17, 15) is 4.79 Å². The molecule has 0 aliphatic carbocycles. The second-order valence-corrected chi connectivity index (χ2v) is 5.62. The number of rotatable bonds is 3. The van der Waals surface area contributed by atoms with Gasteiger partial charge in [-0.15, -0.1) is 10.2 Å². The number of nitrogens with one attached hydrogen (secondary N) is 1. The molecule has 1 aliphatic heterocycles. The van der Waals surface area contributed by atoms with Crippen LogP contribution >= 0.6 is 23.4 Å². The summed E-state index contributed by atoms with van der Waals surface area (Å²) in [5.41, 5.74) is 0.319. The van der Waals surface area contributed by atoms with Crippen LogP contribution in [0.1, 0.15) is 23.3 Å². The number of aromatic nitrogens is 2. The predicted molar refractivity (Wildman–Crippen MR) is 69.4 cm³/mol. The van der Waals surface area contributed by atoms with Crippen molar-refractivity contribution < 1.29 is 4.79 Å². The Balaban J connectivity index is 1.82. The van der Waals surface area contributed by atoms with Crippen LogP contribution in [0, 0.1) is 5.92 Å². The fourth-order valence-electron chi connectivity index (χ4n) is 1.72. The average molecular weight is 272 g/mol. The van der Waals surface area contributed by atoms with Gasteiger partial charge in [0.1, 0.15) is 0 Å². The van der Waals surface area contributed by atoms with E-state index in [-0.39, 0.29) is 5.91 Å². The lowest BCUT2D eigenvalue weighted by Gasteiger charge is -2.21. The molecular formula is C11H14ClN3OS. The SMILES string of the molecule is O=C(NCC1CCSCC1)c1ccc(Cl)nn1. The molecule has 0 radical (unpaired) electrons. The zero-order valence-electron chi connectivity index (χ0n) is 9.36. The molecule has 0 aromatic carbocycles. The highest BCUT2D eigenvalue weighted by molar-refractivity contribution is 7.99. The highest BCUT2D eigenvalue weighted by Crippen LogP contribution is 2.21. The van der Waals surface area contributed by atoms with Crippen molar-refractivity contribution in [3.63, 3.8) is 0 Å². The van der Waals surface area contributed by atoms with Crippen LogP contribution in [0.4, 0.5) is 0 Å². The molecule has 1 aromatic heterocycles.